The Morgan fingerprint density at radius 2 is 1.87 bits per heavy atom. The van der Waals surface area contributed by atoms with Crippen LogP contribution < -0.4 is 0 Å². The van der Waals surface area contributed by atoms with Crippen molar-refractivity contribution in [2.75, 3.05) is 6.61 Å². The van der Waals surface area contributed by atoms with Gasteiger partial charge in [-0.25, -0.2) is 4.79 Å². The fourth-order valence-corrected chi connectivity index (χ4v) is 2.94. The average molecular weight is 350 g/mol. The molecule has 0 aliphatic rings. The van der Waals surface area contributed by atoms with Crippen molar-refractivity contribution in [2.45, 2.75) is 20.3 Å². The first kappa shape index (κ1) is 16.2. The molecule has 0 aliphatic heterocycles. The van der Waals surface area contributed by atoms with Crippen molar-refractivity contribution < 1.29 is 9.53 Å². The third-order valence-corrected chi connectivity index (χ3v) is 4.65. The number of aromatic nitrogens is 1. The van der Waals surface area contributed by atoms with Gasteiger partial charge in [-0.05, 0) is 24.5 Å². The molecule has 0 aliphatic carbocycles. The van der Waals surface area contributed by atoms with Crippen molar-refractivity contribution in [3.63, 3.8) is 0 Å². The van der Waals surface area contributed by atoms with Gasteiger partial charge in [-0.3, -0.25) is 0 Å². The Kier molecular flexibility index (Phi) is 4.51. The Labute approximate surface area is 144 Å². The van der Waals surface area contributed by atoms with E-state index in [1.54, 1.807) is 12.1 Å². The highest BCUT2D eigenvalue weighted by Crippen LogP contribution is 2.35. The Hall–Kier alpha value is -1.71. The number of nitrogens with one attached hydrogen (secondary N) is 1. The molecule has 0 amide bonds. The summed E-state index contributed by atoms with van der Waals surface area (Å²) >= 11 is 12.3. The molecule has 3 aromatic rings. The SMILES string of the molecule is CC(C)CCOC(=O)c1cccc2c1[nH]c1c(Cl)c(Cl)ccc12. The highest BCUT2D eigenvalue weighted by molar-refractivity contribution is 6.45. The molecule has 0 radical (unpaired) electrons. The average Bonchev–Trinajstić information content (AvgIpc) is 2.89. The van der Waals surface area contributed by atoms with Gasteiger partial charge in [0.2, 0.25) is 0 Å². The maximum atomic E-state index is 12.4. The summed E-state index contributed by atoms with van der Waals surface area (Å²) in [5.74, 6) is 0.164. The number of hydrogen-bond donors (Lipinski definition) is 1. The largest absolute Gasteiger partial charge is 0.462 e. The predicted molar refractivity (Wildman–Crippen MR) is 95.6 cm³/mol. The molecule has 5 heteroatoms. The number of benzene rings is 2. The molecule has 1 aromatic heterocycles. The first-order chi connectivity index (χ1) is 11.0. The summed E-state index contributed by atoms with van der Waals surface area (Å²) in [5.41, 5.74) is 1.97. The number of fused-ring (bicyclic) bond motifs is 3. The van der Waals surface area contributed by atoms with Gasteiger partial charge in [0, 0.05) is 10.8 Å². The molecule has 0 saturated carbocycles. The molecule has 120 valence electrons. The van der Waals surface area contributed by atoms with Gasteiger partial charge in [-0.2, -0.15) is 0 Å². The van der Waals surface area contributed by atoms with Crippen LogP contribution in [0.2, 0.25) is 10.0 Å². The lowest BCUT2D eigenvalue weighted by molar-refractivity contribution is 0.0490. The number of hydrogen-bond acceptors (Lipinski definition) is 2. The lowest BCUT2D eigenvalue weighted by atomic mass is 10.1. The van der Waals surface area contributed by atoms with Crippen LogP contribution in [0.3, 0.4) is 0 Å². The van der Waals surface area contributed by atoms with Crippen LogP contribution in [0.5, 0.6) is 0 Å². The molecular formula is C18H17Cl2NO2. The van der Waals surface area contributed by atoms with E-state index in [-0.39, 0.29) is 5.97 Å². The van der Waals surface area contributed by atoms with Crippen molar-refractivity contribution in [1.29, 1.82) is 0 Å². The molecule has 23 heavy (non-hydrogen) atoms. The van der Waals surface area contributed by atoms with Crippen LogP contribution in [-0.2, 0) is 4.74 Å². The van der Waals surface area contributed by atoms with Crippen molar-refractivity contribution >= 4 is 51.0 Å². The van der Waals surface area contributed by atoms with Crippen molar-refractivity contribution in [2.24, 2.45) is 5.92 Å². The number of carbonyl (C=O) groups excluding carboxylic acids is 1. The monoisotopic (exact) mass is 349 g/mol. The quantitative estimate of drug-likeness (QED) is 0.602. The smallest absolute Gasteiger partial charge is 0.340 e. The summed E-state index contributed by atoms with van der Waals surface area (Å²) in [6.45, 7) is 4.61. The minimum atomic E-state index is -0.329. The fraction of sp³-hybridized carbons (Fsp3) is 0.278. The minimum Gasteiger partial charge on any atom is -0.462 e. The standard InChI is InChI=1S/C18H17Cl2NO2/c1-10(2)8-9-23-18(22)13-5-3-4-11-12-6-7-14(19)15(20)17(12)21-16(11)13/h3-7,10,21H,8-9H2,1-2H3. The number of ether oxygens (including phenoxy) is 1. The number of esters is 1. The van der Waals surface area contributed by atoms with E-state index in [1.165, 1.54) is 0 Å². The lowest BCUT2D eigenvalue weighted by Gasteiger charge is -2.07. The van der Waals surface area contributed by atoms with Crippen LogP contribution in [0.4, 0.5) is 0 Å². The Balaban J connectivity index is 2.05. The third-order valence-electron chi connectivity index (χ3n) is 3.85. The van der Waals surface area contributed by atoms with Gasteiger partial charge in [0.05, 0.1) is 33.2 Å². The molecule has 0 saturated heterocycles. The first-order valence-electron chi connectivity index (χ1n) is 7.54. The highest BCUT2D eigenvalue weighted by atomic mass is 35.5. The molecular weight excluding hydrogens is 333 g/mol. The van der Waals surface area contributed by atoms with E-state index in [2.05, 4.69) is 18.8 Å². The zero-order chi connectivity index (χ0) is 16.6. The molecule has 2 aromatic carbocycles. The minimum absolute atomic E-state index is 0.329. The summed E-state index contributed by atoms with van der Waals surface area (Å²) in [4.78, 5) is 15.6. The summed E-state index contributed by atoms with van der Waals surface area (Å²) in [7, 11) is 0. The van der Waals surface area contributed by atoms with E-state index in [9.17, 15) is 4.79 Å². The van der Waals surface area contributed by atoms with Crippen LogP contribution in [0, 0.1) is 5.92 Å². The first-order valence-corrected chi connectivity index (χ1v) is 8.30. The summed E-state index contributed by atoms with van der Waals surface area (Å²) in [6, 6.07) is 9.20. The fourth-order valence-electron chi connectivity index (χ4n) is 2.57. The molecule has 0 fully saturated rings. The summed E-state index contributed by atoms with van der Waals surface area (Å²) < 4.78 is 5.38. The topological polar surface area (TPSA) is 42.1 Å². The van der Waals surface area contributed by atoms with Crippen LogP contribution in [0.25, 0.3) is 21.8 Å². The molecule has 0 bridgehead atoms. The Morgan fingerprint density at radius 3 is 2.61 bits per heavy atom. The number of aromatic amines is 1. The maximum absolute atomic E-state index is 12.4. The zero-order valence-corrected chi connectivity index (χ0v) is 14.5. The van der Waals surface area contributed by atoms with Crippen molar-refractivity contribution in [1.82, 2.24) is 4.98 Å². The van der Waals surface area contributed by atoms with Crippen LogP contribution in [0.1, 0.15) is 30.6 Å². The number of H-pyrrole nitrogens is 1. The second-order valence-electron chi connectivity index (χ2n) is 5.96. The van der Waals surface area contributed by atoms with E-state index in [4.69, 9.17) is 27.9 Å². The molecule has 0 spiro atoms. The normalized spacial score (nSPS) is 11.5. The van der Waals surface area contributed by atoms with E-state index in [1.807, 2.05) is 18.2 Å². The van der Waals surface area contributed by atoms with Gasteiger partial charge < -0.3 is 9.72 Å². The van der Waals surface area contributed by atoms with Gasteiger partial charge in [-0.1, -0.05) is 55.2 Å². The summed E-state index contributed by atoms with van der Waals surface area (Å²) in [5, 5.41) is 2.80. The van der Waals surface area contributed by atoms with E-state index < -0.39 is 0 Å². The number of para-hydroxylation sites is 1. The van der Waals surface area contributed by atoms with Gasteiger partial charge in [0.15, 0.2) is 0 Å². The van der Waals surface area contributed by atoms with E-state index >= 15 is 0 Å². The highest BCUT2D eigenvalue weighted by Gasteiger charge is 2.17. The Bertz CT molecular complexity index is 883. The third kappa shape index (κ3) is 3.04. The van der Waals surface area contributed by atoms with Gasteiger partial charge in [0.25, 0.3) is 0 Å². The van der Waals surface area contributed by atoms with Crippen molar-refractivity contribution in [3.05, 3.63) is 45.9 Å². The number of carbonyl (C=O) groups is 1. The Morgan fingerprint density at radius 1 is 1.13 bits per heavy atom. The van der Waals surface area contributed by atoms with Crippen LogP contribution in [0.15, 0.2) is 30.3 Å². The predicted octanol–water partition coefficient (Wildman–Crippen LogP) is 5.83. The summed E-state index contributed by atoms with van der Waals surface area (Å²) in [6.07, 6.45) is 0.843. The molecule has 3 rings (SSSR count). The molecule has 0 unspecified atom stereocenters. The van der Waals surface area contributed by atoms with Gasteiger partial charge in [0.1, 0.15) is 0 Å². The van der Waals surface area contributed by atoms with Gasteiger partial charge in [-0.15, -0.1) is 0 Å². The number of rotatable bonds is 4. The lowest BCUT2D eigenvalue weighted by Crippen LogP contribution is -2.08. The van der Waals surface area contributed by atoms with Crippen LogP contribution >= 0.6 is 23.2 Å². The maximum Gasteiger partial charge on any atom is 0.340 e. The van der Waals surface area contributed by atoms with E-state index in [0.29, 0.717) is 28.1 Å². The second kappa shape index (κ2) is 6.42. The van der Waals surface area contributed by atoms with Gasteiger partial charge >= 0.3 is 5.97 Å². The molecule has 1 heterocycles. The molecule has 0 atom stereocenters. The van der Waals surface area contributed by atoms with Crippen LogP contribution in [-0.4, -0.2) is 17.6 Å². The second-order valence-corrected chi connectivity index (χ2v) is 6.74. The zero-order valence-electron chi connectivity index (χ0n) is 13.0. The number of halogens is 2. The van der Waals surface area contributed by atoms with E-state index in [0.717, 1.165) is 28.2 Å². The molecule has 1 N–H and O–H groups in total. The van der Waals surface area contributed by atoms with Crippen molar-refractivity contribution in [3.8, 4) is 0 Å². The molecule has 3 nitrogen and oxygen atoms in total.